The first kappa shape index (κ1) is 28.0. The van der Waals surface area contributed by atoms with Gasteiger partial charge in [-0.25, -0.2) is 27.4 Å². The first-order valence-corrected chi connectivity index (χ1v) is 12.8. The average molecular weight is 514 g/mol. The van der Waals surface area contributed by atoms with E-state index in [-0.39, 0.29) is 24.0 Å². The van der Waals surface area contributed by atoms with Crippen molar-refractivity contribution in [3.63, 3.8) is 0 Å². The first-order valence-electron chi connectivity index (χ1n) is 12.8. The SMILES string of the molecule is C[n+]1ccn(CC(=O)CCCN(CCCC(=O)Cn2cc[n+](C)c2)CCNC(=O)Cn2cc[n+](C)c2)c1. The normalized spacial score (nSPS) is 11.2. The van der Waals surface area contributed by atoms with Crippen LogP contribution in [0.1, 0.15) is 25.7 Å². The third-order valence-electron chi connectivity index (χ3n) is 6.13. The summed E-state index contributed by atoms with van der Waals surface area (Å²) in [5.74, 6) is 0.347. The van der Waals surface area contributed by atoms with Crippen molar-refractivity contribution in [1.82, 2.24) is 23.9 Å². The smallest absolute Gasteiger partial charge is 0.262 e. The van der Waals surface area contributed by atoms with Crippen LogP contribution in [0.4, 0.5) is 0 Å². The molecular formula is C26H41N8O3+3. The van der Waals surface area contributed by atoms with Crippen LogP contribution < -0.4 is 19.0 Å². The predicted molar refractivity (Wildman–Crippen MR) is 135 cm³/mol. The van der Waals surface area contributed by atoms with Gasteiger partial charge in [-0.1, -0.05) is 0 Å². The summed E-state index contributed by atoms with van der Waals surface area (Å²) in [6.07, 6.45) is 19.5. The summed E-state index contributed by atoms with van der Waals surface area (Å²) in [7, 11) is 5.78. The second-order valence-electron chi connectivity index (χ2n) is 9.73. The van der Waals surface area contributed by atoms with E-state index in [4.69, 9.17) is 0 Å². The van der Waals surface area contributed by atoms with E-state index in [2.05, 4.69) is 10.2 Å². The van der Waals surface area contributed by atoms with Gasteiger partial charge in [0, 0.05) is 25.9 Å². The van der Waals surface area contributed by atoms with Crippen LogP contribution in [0.3, 0.4) is 0 Å². The number of nitrogens with zero attached hydrogens (tertiary/aromatic N) is 7. The van der Waals surface area contributed by atoms with Crippen LogP contribution in [0.2, 0.25) is 0 Å². The summed E-state index contributed by atoms with van der Waals surface area (Å²) in [4.78, 5) is 39.3. The second-order valence-corrected chi connectivity index (χ2v) is 9.73. The Morgan fingerprint density at radius 3 is 1.51 bits per heavy atom. The number of hydrogen-bond acceptors (Lipinski definition) is 4. The summed E-state index contributed by atoms with van der Waals surface area (Å²) in [5.41, 5.74) is 0. The Labute approximate surface area is 218 Å². The van der Waals surface area contributed by atoms with E-state index in [1.54, 1.807) is 0 Å². The highest BCUT2D eigenvalue weighted by molar-refractivity contribution is 5.78. The first-order chi connectivity index (χ1) is 17.8. The quantitative estimate of drug-likeness (QED) is 0.237. The van der Waals surface area contributed by atoms with Crippen molar-refractivity contribution in [1.29, 1.82) is 0 Å². The number of carbonyl (C=O) groups excluding carboxylic acids is 3. The van der Waals surface area contributed by atoms with Crippen LogP contribution in [0, 0.1) is 0 Å². The molecule has 0 radical (unpaired) electrons. The fourth-order valence-electron chi connectivity index (χ4n) is 4.26. The molecule has 0 saturated carbocycles. The van der Waals surface area contributed by atoms with Gasteiger partial charge in [0.15, 0.2) is 18.1 Å². The Kier molecular flexibility index (Phi) is 10.8. The lowest BCUT2D eigenvalue weighted by molar-refractivity contribution is -0.671. The number of carbonyl (C=O) groups is 3. The van der Waals surface area contributed by atoms with Gasteiger partial charge in [0.05, 0.1) is 21.1 Å². The molecule has 3 heterocycles. The van der Waals surface area contributed by atoms with Crippen molar-refractivity contribution < 1.29 is 28.1 Å². The number of imidazole rings is 3. The molecular weight excluding hydrogens is 472 g/mol. The average Bonchev–Trinajstić information content (AvgIpc) is 3.55. The molecule has 11 heteroatoms. The molecule has 1 amide bonds. The third-order valence-corrected chi connectivity index (χ3v) is 6.13. The van der Waals surface area contributed by atoms with Gasteiger partial charge in [-0.15, -0.1) is 0 Å². The zero-order chi connectivity index (χ0) is 26.6. The van der Waals surface area contributed by atoms with E-state index in [0.29, 0.717) is 39.0 Å². The van der Waals surface area contributed by atoms with Gasteiger partial charge >= 0.3 is 0 Å². The third kappa shape index (κ3) is 10.5. The summed E-state index contributed by atoms with van der Waals surface area (Å²) in [6.45, 7) is 3.71. The monoisotopic (exact) mass is 513 g/mol. The molecule has 1 N–H and O–H groups in total. The lowest BCUT2D eigenvalue weighted by Gasteiger charge is -2.22. The zero-order valence-corrected chi connectivity index (χ0v) is 22.3. The van der Waals surface area contributed by atoms with E-state index >= 15 is 0 Å². The van der Waals surface area contributed by atoms with Crippen molar-refractivity contribution in [3.05, 3.63) is 56.2 Å². The maximum atomic E-state index is 12.4. The minimum absolute atomic E-state index is 0.0405. The van der Waals surface area contributed by atoms with Gasteiger partial charge in [-0.2, -0.15) is 0 Å². The summed E-state index contributed by atoms with van der Waals surface area (Å²) >= 11 is 0. The molecule has 0 fully saturated rings. The van der Waals surface area contributed by atoms with Gasteiger partial charge in [0.2, 0.25) is 19.0 Å². The van der Waals surface area contributed by atoms with Crippen LogP contribution in [0.5, 0.6) is 0 Å². The number of aryl methyl sites for hydroxylation is 3. The van der Waals surface area contributed by atoms with Crippen molar-refractivity contribution in [2.24, 2.45) is 21.1 Å². The molecule has 11 nitrogen and oxygen atoms in total. The largest absolute Gasteiger partial charge is 0.351 e. The Morgan fingerprint density at radius 2 is 1.11 bits per heavy atom. The molecule has 200 valence electrons. The van der Waals surface area contributed by atoms with Gasteiger partial charge in [-0.05, 0) is 25.9 Å². The Hall–Kier alpha value is -3.60. The predicted octanol–water partition coefficient (Wildman–Crippen LogP) is -0.918. The summed E-state index contributed by atoms with van der Waals surface area (Å²) < 4.78 is 11.3. The van der Waals surface area contributed by atoms with E-state index in [1.165, 1.54) is 0 Å². The van der Waals surface area contributed by atoms with E-state index in [0.717, 1.165) is 25.9 Å². The fraction of sp³-hybridized carbons (Fsp3) is 0.538. The number of nitrogens with one attached hydrogen (secondary N) is 1. The van der Waals surface area contributed by atoms with Crippen molar-refractivity contribution in [2.45, 2.75) is 45.3 Å². The Morgan fingerprint density at radius 1 is 0.676 bits per heavy atom. The van der Waals surface area contributed by atoms with Crippen molar-refractivity contribution in [2.75, 3.05) is 26.2 Å². The molecule has 3 rings (SSSR count). The molecule has 0 atom stereocenters. The van der Waals surface area contributed by atoms with E-state index < -0.39 is 0 Å². The minimum atomic E-state index is -0.0405. The molecule has 3 aromatic rings. The number of aromatic nitrogens is 6. The Bertz CT molecular complexity index is 1020. The molecule has 0 aliphatic heterocycles. The maximum Gasteiger partial charge on any atom is 0.262 e. The van der Waals surface area contributed by atoms with E-state index in [9.17, 15) is 14.4 Å². The zero-order valence-electron chi connectivity index (χ0n) is 22.3. The number of ketones is 2. The fourth-order valence-corrected chi connectivity index (χ4v) is 4.26. The van der Waals surface area contributed by atoms with Gasteiger partial charge in [0.25, 0.3) is 5.91 Å². The van der Waals surface area contributed by atoms with Crippen molar-refractivity contribution in [3.8, 4) is 0 Å². The van der Waals surface area contributed by atoms with Crippen LogP contribution in [-0.2, 0) is 55.2 Å². The molecule has 3 aromatic heterocycles. The highest BCUT2D eigenvalue weighted by atomic mass is 16.2. The molecule has 0 aliphatic carbocycles. The van der Waals surface area contributed by atoms with E-state index in [1.807, 2.05) is 105 Å². The highest BCUT2D eigenvalue weighted by Gasteiger charge is 2.14. The van der Waals surface area contributed by atoms with Gasteiger partial charge in [-0.3, -0.25) is 14.4 Å². The number of Topliss-reactive ketones (excluding diaryl/α,β-unsaturated/α-hetero) is 2. The van der Waals surface area contributed by atoms with Crippen molar-refractivity contribution >= 4 is 17.5 Å². The van der Waals surface area contributed by atoms with Gasteiger partial charge in [0.1, 0.15) is 50.3 Å². The number of hydrogen-bond donors (Lipinski definition) is 1. The maximum absolute atomic E-state index is 12.4. The van der Waals surface area contributed by atoms with Crippen LogP contribution in [-0.4, -0.2) is 62.3 Å². The molecule has 0 saturated heterocycles. The second kappa shape index (κ2) is 14.2. The Balaban J connectivity index is 1.41. The lowest BCUT2D eigenvalue weighted by Crippen LogP contribution is -2.37. The molecule has 37 heavy (non-hydrogen) atoms. The number of rotatable bonds is 17. The van der Waals surface area contributed by atoms with Crippen LogP contribution in [0.15, 0.2) is 56.2 Å². The highest BCUT2D eigenvalue weighted by Crippen LogP contribution is 2.03. The molecule has 0 bridgehead atoms. The minimum Gasteiger partial charge on any atom is -0.351 e. The van der Waals surface area contributed by atoms with Crippen LogP contribution in [0.25, 0.3) is 0 Å². The topological polar surface area (TPSA) is 92.9 Å². The van der Waals surface area contributed by atoms with Crippen LogP contribution >= 0.6 is 0 Å². The molecule has 0 aromatic carbocycles. The van der Waals surface area contributed by atoms with Gasteiger partial charge < -0.3 is 10.2 Å². The standard InChI is InChI=1S/C26H40N8O3/c1-28-12-15-32(21-28)18-24(35)6-4-9-31(10-5-7-25(36)19-33-16-13-29(2)22-33)11-8-27-26(37)20-34-17-14-30(3)23-34/h12-17,21-23H,4-11,18-20H2,1-3H3/q+2/p+1. The summed E-state index contributed by atoms with van der Waals surface area (Å²) in [5, 5.41) is 2.98. The molecule has 0 aliphatic rings. The molecule has 0 unspecified atom stereocenters. The lowest BCUT2D eigenvalue weighted by atomic mass is 10.2. The summed E-state index contributed by atoms with van der Waals surface area (Å²) in [6, 6.07) is 0. The molecule has 0 spiro atoms. The number of amides is 1.